The van der Waals surface area contributed by atoms with Crippen molar-refractivity contribution in [2.45, 2.75) is 45.6 Å². The standard InChI is InChI=1S/C13H22O3/c1-4-15-13(14)11(3)9-16-12-7-5-6-10(2)8-12/h10,12H,3-9H2,1-2H3. The zero-order valence-electron chi connectivity index (χ0n) is 10.3. The Bertz CT molecular complexity index is 248. The van der Waals surface area contributed by atoms with E-state index in [1.807, 2.05) is 0 Å². The van der Waals surface area contributed by atoms with Gasteiger partial charge in [0.25, 0.3) is 0 Å². The molecule has 0 amide bonds. The zero-order valence-corrected chi connectivity index (χ0v) is 10.3. The summed E-state index contributed by atoms with van der Waals surface area (Å²) in [5, 5.41) is 0. The third-order valence-corrected chi connectivity index (χ3v) is 2.95. The molecule has 0 aromatic carbocycles. The average molecular weight is 226 g/mol. The molecule has 0 heterocycles. The van der Waals surface area contributed by atoms with Crippen molar-refractivity contribution in [3.05, 3.63) is 12.2 Å². The number of carbonyl (C=O) groups is 1. The SMILES string of the molecule is C=C(COC1CCCC(C)C1)C(=O)OCC. The lowest BCUT2D eigenvalue weighted by Gasteiger charge is -2.26. The normalized spacial score (nSPS) is 25.1. The number of hydrogen-bond donors (Lipinski definition) is 0. The van der Waals surface area contributed by atoms with Crippen molar-refractivity contribution in [2.75, 3.05) is 13.2 Å². The first-order valence-electron chi connectivity index (χ1n) is 6.10. The molecule has 0 radical (unpaired) electrons. The van der Waals surface area contributed by atoms with E-state index in [0.717, 1.165) is 18.8 Å². The van der Waals surface area contributed by atoms with E-state index >= 15 is 0 Å². The van der Waals surface area contributed by atoms with Crippen LogP contribution in [0.5, 0.6) is 0 Å². The molecule has 2 atom stereocenters. The zero-order chi connectivity index (χ0) is 12.0. The molecular weight excluding hydrogens is 204 g/mol. The Labute approximate surface area is 97.8 Å². The van der Waals surface area contributed by atoms with Crippen molar-refractivity contribution < 1.29 is 14.3 Å². The van der Waals surface area contributed by atoms with Crippen LogP contribution in [0.3, 0.4) is 0 Å². The molecule has 0 aromatic heterocycles. The molecule has 0 aromatic rings. The number of hydrogen-bond acceptors (Lipinski definition) is 3. The van der Waals surface area contributed by atoms with E-state index in [2.05, 4.69) is 13.5 Å². The van der Waals surface area contributed by atoms with Crippen LogP contribution < -0.4 is 0 Å². The van der Waals surface area contributed by atoms with E-state index in [-0.39, 0.29) is 12.1 Å². The Hall–Kier alpha value is -0.830. The van der Waals surface area contributed by atoms with Crippen LogP contribution in [-0.4, -0.2) is 25.3 Å². The minimum Gasteiger partial charge on any atom is -0.463 e. The second kappa shape index (κ2) is 6.69. The van der Waals surface area contributed by atoms with E-state index in [0.29, 0.717) is 18.8 Å². The number of carbonyl (C=O) groups excluding carboxylic acids is 1. The predicted octanol–water partition coefficient (Wildman–Crippen LogP) is 2.70. The number of rotatable bonds is 5. The molecule has 1 aliphatic rings. The topological polar surface area (TPSA) is 35.5 Å². The molecule has 1 aliphatic carbocycles. The lowest BCUT2D eigenvalue weighted by Crippen LogP contribution is -2.23. The third-order valence-electron chi connectivity index (χ3n) is 2.95. The highest BCUT2D eigenvalue weighted by atomic mass is 16.5. The van der Waals surface area contributed by atoms with Crippen molar-refractivity contribution in [2.24, 2.45) is 5.92 Å². The van der Waals surface area contributed by atoms with Crippen LogP contribution >= 0.6 is 0 Å². The first kappa shape index (κ1) is 13.2. The summed E-state index contributed by atoms with van der Waals surface area (Å²) >= 11 is 0. The van der Waals surface area contributed by atoms with Crippen LogP contribution in [0.25, 0.3) is 0 Å². The summed E-state index contributed by atoms with van der Waals surface area (Å²) < 4.78 is 10.5. The quantitative estimate of drug-likeness (QED) is 0.534. The smallest absolute Gasteiger partial charge is 0.335 e. The van der Waals surface area contributed by atoms with Crippen LogP contribution in [0.4, 0.5) is 0 Å². The van der Waals surface area contributed by atoms with Crippen LogP contribution in [0.2, 0.25) is 0 Å². The Morgan fingerprint density at radius 1 is 1.44 bits per heavy atom. The van der Waals surface area contributed by atoms with E-state index in [4.69, 9.17) is 9.47 Å². The molecule has 3 heteroatoms. The van der Waals surface area contributed by atoms with Gasteiger partial charge in [-0.15, -0.1) is 0 Å². The molecule has 92 valence electrons. The fourth-order valence-electron chi connectivity index (χ4n) is 2.04. The van der Waals surface area contributed by atoms with Crippen molar-refractivity contribution in [3.63, 3.8) is 0 Å². The highest BCUT2D eigenvalue weighted by molar-refractivity contribution is 5.87. The van der Waals surface area contributed by atoms with Crippen LogP contribution in [0.15, 0.2) is 12.2 Å². The third kappa shape index (κ3) is 4.35. The van der Waals surface area contributed by atoms with Crippen LogP contribution in [0, 0.1) is 5.92 Å². The summed E-state index contributed by atoms with van der Waals surface area (Å²) in [6.45, 7) is 8.40. The number of ether oxygens (including phenoxy) is 2. The molecule has 3 nitrogen and oxygen atoms in total. The van der Waals surface area contributed by atoms with Crippen molar-refractivity contribution in [3.8, 4) is 0 Å². The highest BCUT2D eigenvalue weighted by Gasteiger charge is 2.20. The van der Waals surface area contributed by atoms with Crippen molar-refractivity contribution in [1.29, 1.82) is 0 Å². The molecule has 1 fully saturated rings. The van der Waals surface area contributed by atoms with Gasteiger partial charge in [-0.3, -0.25) is 0 Å². The second-order valence-electron chi connectivity index (χ2n) is 4.53. The van der Waals surface area contributed by atoms with Gasteiger partial charge in [0.05, 0.1) is 24.9 Å². The molecular formula is C13H22O3. The minimum atomic E-state index is -0.341. The molecule has 0 saturated heterocycles. The molecule has 0 N–H and O–H groups in total. The van der Waals surface area contributed by atoms with E-state index in [9.17, 15) is 4.79 Å². The Morgan fingerprint density at radius 2 is 2.19 bits per heavy atom. The van der Waals surface area contributed by atoms with Crippen molar-refractivity contribution >= 4 is 5.97 Å². The van der Waals surface area contributed by atoms with Gasteiger partial charge in [0.15, 0.2) is 0 Å². The first-order valence-corrected chi connectivity index (χ1v) is 6.10. The largest absolute Gasteiger partial charge is 0.463 e. The summed E-state index contributed by atoms with van der Waals surface area (Å²) in [5.41, 5.74) is 0.417. The van der Waals surface area contributed by atoms with Gasteiger partial charge in [0, 0.05) is 0 Å². The fourth-order valence-corrected chi connectivity index (χ4v) is 2.04. The Morgan fingerprint density at radius 3 is 2.81 bits per heavy atom. The van der Waals surface area contributed by atoms with E-state index in [1.54, 1.807) is 6.92 Å². The molecule has 0 bridgehead atoms. The lowest BCUT2D eigenvalue weighted by molar-refractivity contribution is -0.139. The van der Waals surface area contributed by atoms with Gasteiger partial charge in [-0.05, 0) is 25.7 Å². The minimum absolute atomic E-state index is 0.287. The molecule has 0 spiro atoms. The van der Waals surface area contributed by atoms with Crippen LogP contribution in [-0.2, 0) is 14.3 Å². The average Bonchev–Trinajstić information content (AvgIpc) is 2.26. The highest BCUT2D eigenvalue weighted by Crippen LogP contribution is 2.25. The van der Waals surface area contributed by atoms with Crippen LogP contribution in [0.1, 0.15) is 39.5 Å². The maximum atomic E-state index is 11.3. The lowest BCUT2D eigenvalue weighted by atomic mass is 9.89. The van der Waals surface area contributed by atoms with Gasteiger partial charge in [0.1, 0.15) is 0 Å². The molecule has 0 aliphatic heterocycles. The van der Waals surface area contributed by atoms with Gasteiger partial charge < -0.3 is 9.47 Å². The van der Waals surface area contributed by atoms with Gasteiger partial charge in [-0.2, -0.15) is 0 Å². The van der Waals surface area contributed by atoms with Gasteiger partial charge in [-0.1, -0.05) is 26.3 Å². The van der Waals surface area contributed by atoms with E-state index < -0.39 is 0 Å². The summed E-state index contributed by atoms with van der Waals surface area (Å²) in [4.78, 5) is 11.3. The summed E-state index contributed by atoms with van der Waals surface area (Å²) in [7, 11) is 0. The summed E-state index contributed by atoms with van der Waals surface area (Å²) in [6.07, 6.45) is 4.99. The number of esters is 1. The summed E-state index contributed by atoms with van der Waals surface area (Å²) in [5.74, 6) is 0.390. The predicted molar refractivity (Wildman–Crippen MR) is 63.1 cm³/mol. The maximum absolute atomic E-state index is 11.3. The molecule has 2 unspecified atom stereocenters. The maximum Gasteiger partial charge on any atom is 0.335 e. The monoisotopic (exact) mass is 226 g/mol. The summed E-state index contributed by atoms with van der Waals surface area (Å²) in [6, 6.07) is 0. The molecule has 1 saturated carbocycles. The van der Waals surface area contributed by atoms with Crippen molar-refractivity contribution in [1.82, 2.24) is 0 Å². The van der Waals surface area contributed by atoms with Gasteiger partial charge in [-0.25, -0.2) is 4.79 Å². The van der Waals surface area contributed by atoms with E-state index in [1.165, 1.54) is 12.8 Å². The Balaban J connectivity index is 2.23. The molecule has 16 heavy (non-hydrogen) atoms. The van der Waals surface area contributed by atoms with Gasteiger partial charge >= 0.3 is 5.97 Å². The Kier molecular flexibility index (Phi) is 5.53. The first-order chi connectivity index (χ1) is 7.63. The van der Waals surface area contributed by atoms with Gasteiger partial charge in [0.2, 0.25) is 0 Å². The molecule has 1 rings (SSSR count). The second-order valence-corrected chi connectivity index (χ2v) is 4.53. The fraction of sp³-hybridized carbons (Fsp3) is 0.769.